The first-order chi connectivity index (χ1) is 14.8. The summed E-state index contributed by atoms with van der Waals surface area (Å²) in [5.41, 5.74) is -0.484. The van der Waals surface area contributed by atoms with Gasteiger partial charge in [0.1, 0.15) is 4.88 Å². The van der Waals surface area contributed by atoms with Crippen molar-refractivity contribution in [2.75, 3.05) is 0 Å². The third kappa shape index (κ3) is 3.88. The summed E-state index contributed by atoms with van der Waals surface area (Å²) >= 11 is 13.5. The number of aryl methyl sites for hydroxylation is 1. The van der Waals surface area contributed by atoms with Crippen molar-refractivity contribution in [3.63, 3.8) is 0 Å². The summed E-state index contributed by atoms with van der Waals surface area (Å²) in [6.07, 6.45) is 0. The summed E-state index contributed by atoms with van der Waals surface area (Å²) in [6, 6.07) is 10.6. The summed E-state index contributed by atoms with van der Waals surface area (Å²) in [5.74, 6) is -0.646. The normalized spacial score (nSPS) is 11.5. The molecule has 2 aromatic heterocycles. The van der Waals surface area contributed by atoms with Crippen molar-refractivity contribution in [1.82, 2.24) is 9.78 Å². The van der Waals surface area contributed by atoms with E-state index in [1.165, 1.54) is 24.3 Å². The number of H-pyrrole nitrogens is 1. The highest BCUT2D eigenvalue weighted by atomic mass is 35.5. The van der Waals surface area contributed by atoms with Gasteiger partial charge < -0.3 is 0 Å². The Balaban J connectivity index is 1.71. The van der Waals surface area contributed by atoms with Crippen LogP contribution in [0.2, 0.25) is 10.0 Å². The van der Waals surface area contributed by atoms with E-state index in [0.29, 0.717) is 16.1 Å². The second kappa shape index (κ2) is 8.06. The smallest absolute Gasteiger partial charge is 0.290 e. The molecule has 12 heteroatoms. The summed E-state index contributed by atoms with van der Waals surface area (Å²) in [5, 5.41) is 22.6. The summed E-state index contributed by atoms with van der Waals surface area (Å²) in [6.45, 7) is 1.55. The lowest BCUT2D eigenvalue weighted by atomic mass is 10.2. The maximum absolute atomic E-state index is 13.0. The number of benzene rings is 2. The van der Waals surface area contributed by atoms with Gasteiger partial charge in [-0.3, -0.25) is 24.8 Å². The number of non-ortho nitro benzene ring substituents is 1. The lowest BCUT2D eigenvalue weighted by Gasteiger charge is -1.98. The van der Waals surface area contributed by atoms with Crippen molar-refractivity contribution in [3.8, 4) is 0 Å². The Hall–Kier alpha value is -3.34. The summed E-state index contributed by atoms with van der Waals surface area (Å²) in [4.78, 5) is 36.2. The molecule has 0 fully saturated rings. The molecule has 0 atom stereocenters. The molecular weight excluding hydrogens is 465 g/mol. The first kappa shape index (κ1) is 20.9. The number of carbonyl (C=O) groups excluding carboxylic acids is 1. The third-order valence-corrected chi connectivity index (χ3v) is 6.23. The van der Waals surface area contributed by atoms with E-state index >= 15 is 0 Å². The molecule has 0 amide bonds. The number of hydrogen-bond donors (Lipinski definition) is 1. The minimum atomic E-state index is -0.719. The van der Waals surface area contributed by atoms with E-state index in [-0.39, 0.29) is 27.0 Å². The molecule has 0 aliphatic heterocycles. The van der Waals surface area contributed by atoms with Crippen LogP contribution in [0, 0.1) is 17.0 Å². The van der Waals surface area contributed by atoms with Crippen LogP contribution in [0.4, 0.5) is 17.1 Å². The van der Waals surface area contributed by atoms with Crippen LogP contribution in [0.3, 0.4) is 0 Å². The molecule has 4 aromatic rings. The third-order valence-electron chi connectivity index (χ3n) is 4.33. The van der Waals surface area contributed by atoms with Gasteiger partial charge in [-0.05, 0) is 31.2 Å². The number of halogens is 2. The van der Waals surface area contributed by atoms with E-state index in [9.17, 15) is 19.7 Å². The number of aromatic nitrogens is 2. The molecule has 1 N–H and O–H groups in total. The fraction of sp³-hybridized carbons (Fsp3) is 0.0526. The molecule has 0 radical (unpaired) electrons. The molecule has 156 valence electrons. The van der Waals surface area contributed by atoms with Crippen LogP contribution in [0.5, 0.6) is 0 Å². The minimum Gasteiger partial charge on any atom is -0.290 e. The van der Waals surface area contributed by atoms with Gasteiger partial charge in [0.2, 0.25) is 0 Å². The highest BCUT2D eigenvalue weighted by molar-refractivity contribution is 7.21. The fourth-order valence-electron chi connectivity index (χ4n) is 2.85. The van der Waals surface area contributed by atoms with Gasteiger partial charge in [0.25, 0.3) is 11.6 Å². The standard InChI is InChI=1S/C19H11Cl2N5O4S/c1-9-16(23-22-11-3-2-4-12(8-11)26(29)30)18(27)25(24-9)19(28)17-15(21)13-7-10(20)5-6-14(13)31-17/h2-8,24H,1H3. The number of hydrogen-bond acceptors (Lipinski definition) is 7. The Morgan fingerprint density at radius 1 is 1.19 bits per heavy atom. The molecular formula is C19H11Cl2N5O4S. The second-order valence-corrected chi connectivity index (χ2v) is 8.26. The molecule has 9 nitrogen and oxygen atoms in total. The Kier molecular flexibility index (Phi) is 5.44. The number of rotatable bonds is 4. The number of nitro benzene ring substituents is 1. The zero-order valence-electron chi connectivity index (χ0n) is 15.6. The summed E-state index contributed by atoms with van der Waals surface area (Å²) in [7, 11) is 0. The van der Waals surface area contributed by atoms with Gasteiger partial charge in [0, 0.05) is 27.2 Å². The number of thiophene rings is 1. The first-order valence-electron chi connectivity index (χ1n) is 8.66. The van der Waals surface area contributed by atoms with E-state index in [0.717, 1.165) is 20.7 Å². The molecule has 0 unspecified atom stereocenters. The zero-order valence-corrected chi connectivity index (χ0v) is 18.0. The molecule has 2 heterocycles. The molecule has 0 spiro atoms. The molecule has 31 heavy (non-hydrogen) atoms. The number of aromatic amines is 1. The molecule has 4 rings (SSSR count). The molecule has 2 aromatic carbocycles. The van der Waals surface area contributed by atoms with Gasteiger partial charge in [-0.15, -0.1) is 16.5 Å². The highest BCUT2D eigenvalue weighted by Gasteiger charge is 2.23. The van der Waals surface area contributed by atoms with E-state index in [1.54, 1.807) is 25.1 Å². The highest BCUT2D eigenvalue weighted by Crippen LogP contribution is 2.37. The van der Waals surface area contributed by atoms with Gasteiger partial charge in [-0.25, -0.2) is 0 Å². The van der Waals surface area contributed by atoms with Crippen LogP contribution in [0.15, 0.2) is 57.5 Å². The van der Waals surface area contributed by atoms with Gasteiger partial charge in [-0.2, -0.15) is 9.80 Å². The average molecular weight is 476 g/mol. The van der Waals surface area contributed by atoms with Gasteiger partial charge >= 0.3 is 5.56 Å². The van der Waals surface area contributed by atoms with Crippen molar-refractivity contribution >= 4 is 67.6 Å². The average Bonchev–Trinajstić information content (AvgIpc) is 3.22. The Bertz CT molecular complexity index is 1450. The minimum absolute atomic E-state index is 0.0971. The van der Waals surface area contributed by atoms with Crippen LogP contribution >= 0.6 is 34.5 Å². The van der Waals surface area contributed by atoms with Crippen molar-refractivity contribution < 1.29 is 9.72 Å². The Labute approximate surface area is 187 Å². The van der Waals surface area contributed by atoms with Crippen LogP contribution in [0.1, 0.15) is 15.4 Å². The van der Waals surface area contributed by atoms with Crippen LogP contribution in [-0.4, -0.2) is 20.6 Å². The maximum Gasteiger partial charge on any atom is 0.302 e. The van der Waals surface area contributed by atoms with Crippen molar-refractivity contribution in [1.29, 1.82) is 0 Å². The van der Waals surface area contributed by atoms with Crippen LogP contribution < -0.4 is 5.56 Å². The molecule has 0 saturated heterocycles. The maximum atomic E-state index is 13.0. The first-order valence-corrected chi connectivity index (χ1v) is 10.2. The topological polar surface area (TPSA) is 123 Å². The number of nitrogens with zero attached hydrogens (tertiary/aromatic N) is 4. The van der Waals surface area contributed by atoms with E-state index < -0.39 is 16.4 Å². The largest absolute Gasteiger partial charge is 0.302 e. The lowest BCUT2D eigenvalue weighted by molar-refractivity contribution is -0.384. The molecule has 0 bridgehead atoms. The number of nitro groups is 1. The summed E-state index contributed by atoms with van der Waals surface area (Å²) < 4.78 is 1.55. The SMILES string of the molecule is Cc1[nH]n(C(=O)c2sc3ccc(Cl)cc3c2Cl)c(=O)c1N=Nc1cccc([N+](=O)[O-])c1. The van der Waals surface area contributed by atoms with Gasteiger partial charge in [0.05, 0.1) is 21.3 Å². The number of carbonyl (C=O) groups is 1. The van der Waals surface area contributed by atoms with Gasteiger partial charge in [-0.1, -0.05) is 29.3 Å². The van der Waals surface area contributed by atoms with E-state index in [4.69, 9.17) is 23.2 Å². The van der Waals surface area contributed by atoms with Gasteiger partial charge in [0.15, 0.2) is 5.69 Å². The predicted octanol–water partition coefficient (Wildman–Crippen LogP) is 6.02. The predicted molar refractivity (Wildman–Crippen MR) is 119 cm³/mol. The lowest BCUT2D eigenvalue weighted by Crippen LogP contribution is -2.24. The molecule has 0 saturated carbocycles. The Morgan fingerprint density at radius 3 is 2.71 bits per heavy atom. The second-order valence-electron chi connectivity index (χ2n) is 6.39. The van der Waals surface area contributed by atoms with E-state index in [1.807, 2.05) is 0 Å². The molecule has 0 aliphatic carbocycles. The van der Waals surface area contributed by atoms with Crippen molar-refractivity contribution in [2.45, 2.75) is 6.92 Å². The quantitative estimate of drug-likeness (QED) is 0.220. The fourth-order valence-corrected chi connectivity index (χ4v) is 4.44. The van der Waals surface area contributed by atoms with E-state index in [2.05, 4.69) is 15.3 Å². The van der Waals surface area contributed by atoms with Crippen LogP contribution in [0.25, 0.3) is 10.1 Å². The number of fused-ring (bicyclic) bond motifs is 1. The number of nitrogens with one attached hydrogen (secondary N) is 1. The van der Waals surface area contributed by atoms with Crippen molar-refractivity contribution in [2.24, 2.45) is 10.2 Å². The number of azo groups is 1. The van der Waals surface area contributed by atoms with Crippen LogP contribution in [-0.2, 0) is 0 Å². The molecule has 0 aliphatic rings. The zero-order chi connectivity index (χ0) is 22.3. The Morgan fingerprint density at radius 2 is 1.97 bits per heavy atom. The van der Waals surface area contributed by atoms with Crippen molar-refractivity contribution in [3.05, 3.63) is 83.5 Å². The monoisotopic (exact) mass is 475 g/mol.